The first-order valence-corrected chi connectivity index (χ1v) is 6.69. The van der Waals surface area contributed by atoms with Crippen LogP contribution in [-0.4, -0.2) is 49.5 Å². The maximum absolute atomic E-state index is 12.0. The van der Waals surface area contributed by atoms with Crippen molar-refractivity contribution in [2.75, 3.05) is 26.8 Å². The van der Waals surface area contributed by atoms with Gasteiger partial charge in [-0.3, -0.25) is 4.79 Å². The lowest BCUT2D eigenvalue weighted by Gasteiger charge is -2.30. The molecule has 5 nitrogen and oxygen atoms in total. The normalized spacial score (nSPS) is 27.6. The van der Waals surface area contributed by atoms with Crippen molar-refractivity contribution in [2.45, 2.75) is 44.8 Å². The van der Waals surface area contributed by atoms with Crippen molar-refractivity contribution in [3.63, 3.8) is 0 Å². The summed E-state index contributed by atoms with van der Waals surface area (Å²) in [6, 6.07) is -0.128. The summed E-state index contributed by atoms with van der Waals surface area (Å²) >= 11 is 0. The quantitative estimate of drug-likeness (QED) is 0.640. The Labute approximate surface area is 109 Å². The Balaban J connectivity index is 2.35. The van der Waals surface area contributed by atoms with E-state index >= 15 is 0 Å². The molecule has 0 spiro atoms. The van der Waals surface area contributed by atoms with Crippen LogP contribution in [0.25, 0.3) is 0 Å². The number of aliphatic hydroxyl groups is 1. The molecule has 3 N–H and O–H groups in total. The summed E-state index contributed by atoms with van der Waals surface area (Å²) in [6.07, 6.45) is 2.71. The average Bonchev–Trinajstić information content (AvgIpc) is 2.34. The molecule has 0 saturated carbocycles. The van der Waals surface area contributed by atoms with E-state index in [9.17, 15) is 9.90 Å². The Bertz CT molecular complexity index is 269. The Hall–Kier alpha value is -0.650. The van der Waals surface area contributed by atoms with Crippen LogP contribution in [0.1, 0.15) is 33.1 Å². The van der Waals surface area contributed by atoms with Crippen molar-refractivity contribution in [1.29, 1.82) is 0 Å². The summed E-state index contributed by atoms with van der Waals surface area (Å²) in [7, 11) is 1.60. The lowest BCUT2D eigenvalue weighted by atomic mass is 9.92. The zero-order valence-corrected chi connectivity index (χ0v) is 11.7. The van der Waals surface area contributed by atoms with Gasteiger partial charge in [-0.25, -0.2) is 0 Å². The number of ether oxygens (including phenoxy) is 1. The predicted molar refractivity (Wildman–Crippen MR) is 70.3 cm³/mol. The van der Waals surface area contributed by atoms with E-state index in [1.165, 1.54) is 0 Å². The van der Waals surface area contributed by atoms with Gasteiger partial charge in [-0.2, -0.15) is 0 Å². The van der Waals surface area contributed by atoms with Gasteiger partial charge in [0.15, 0.2) is 0 Å². The van der Waals surface area contributed by atoms with Crippen molar-refractivity contribution in [3.05, 3.63) is 0 Å². The first kappa shape index (κ1) is 15.4. The Morgan fingerprint density at radius 1 is 1.61 bits per heavy atom. The highest BCUT2D eigenvalue weighted by atomic mass is 16.5. The molecular formula is C13H26N2O3. The van der Waals surface area contributed by atoms with E-state index in [1.807, 2.05) is 0 Å². The largest absolute Gasteiger partial charge is 0.388 e. The fourth-order valence-corrected chi connectivity index (χ4v) is 2.20. The Morgan fingerprint density at radius 3 is 2.94 bits per heavy atom. The fourth-order valence-electron chi connectivity index (χ4n) is 2.20. The second-order valence-corrected chi connectivity index (χ2v) is 5.51. The van der Waals surface area contributed by atoms with Gasteiger partial charge in [0, 0.05) is 26.7 Å². The minimum atomic E-state index is -0.913. The smallest absolute Gasteiger partial charge is 0.237 e. The highest BCUT2D eigenvalue weighted by molar-refractivity contribution is 5.82. The minimum absolute atomic E-state index is 0.0140. The molecule has 1 aliphatic rings. The summed E-state index contributed by atoms with van der Waals surface area (Å²) in [5.74, 6) is 0.336. The van der Waals surface area contributed by atoms with E-state index in [0.29, 0.717) is 18.9 Å². The van der Waals surface area contributed by atoms with Crippen LogP contribution in [0.3, 0.4) is 0 Å². The maximum Gasteiger partial charge on any atom is 0.237 e. The molecule has 0 aliphatic carbocycles. The molecule has 3 atom stereocenters. The molecule has 0 bridgehead atoms. The van der Waals surface area contributed by atoms with Crippen molar-refractivity contribution in [3.8, 4) is 0 Å². The first-order chi connectivity index (χ1) is 8.46. The van der Waals surface area contributed by atoms with E-state index < -0.39 is 5.60 Å². The molecule has 5 heteroatoms. The average molecular weight is 258 g/mol. The zero-order valence-electron chi connectivity index (χ0n) is 11.7. The van der Waals surface area contributed by atoms with Crippen LogP contribution in [0.2, 0.25) is 0 Å². The van der Waals surface area contributed by atoms with Crippen molar-refractivity contribution < 1.29 is 14.6 Å². The summed E-state index contributed by atoms with van der Waals surface area (Å²) in [6.45, 7) is 5.44. The van der Waals surface area contributed by atoms with Gasteiger partial charge in [0.2, 0.25) is 5.91 Å². The molecule has 0 radical (unpaired) electrons. The summed E-state index contributed by atoms with van der Waals surface area (Å²) in [5.41, 5.74) is -0.913. The van der Waals surface area contributed by atoms with Gasteiger partial charge in [-0.15, -0.1) is 0 Å². The molecule has 0 aromatic heterocycles. The third kappa shape index (κ3) is 4.92. The van der Waals surface area contributed by atoms with Crippen molar-refractivity contribution in [2.24, 2.45) is 5.92 Å². The van der Waals surface area contributed by atoms with Crippen LogP contribution in [0.4, 0.5) is 0 Å². The molecule has 18 heavy (non-hydrogen) atoms. The molecule has 0 aromatic rings. The number of carbonyl (C=O) groups excluding carboxylic acids is 1. The molecule has 1 fully saturated rings. The molecular weight excluding hydrogens is 232 g/mol. The topological polar surface area (TPSA) is 70.6 Å². The Morgan fingerprint density at radius 2 is 2.33 bits per heavy atom. The second kappa shape index (κ2) is 7.07. The standard InChI is InChI=1S/C13H26N2O3/c1-10-5-4-7-14-11(10)12(16)15-9-13(2,17)6-8-18-3/h10-11,14,17H,4-9H2,1-3H3,(H,15,16). The fraction of sp³-hybridized carbons (Fsp3) is 0.923. The minimum Gasteiger partial charge on any atom is -0.388 e. The van der Waals surface area contributed by atoms with Crippen LogP contribution in [0.15, 0.2) is 0 Å². The van der Waals surface area contributed by atoms with Crippen molar-refractivity contribution >= 4 is 5.91 Å². The van der Waals surface area contributed by atoms with Crippen LogP contribution in [-0.2, 0) is 9.53 Å². The first-order valence-electron chi connectivity index (χ1n) is 6.69. The second-order valence-electron chi connectivity index (χ2n) is 5.51. The number of hydrogen-bond donors (Lipinski definition) is 3. The van der Waals surface area contributed by atoms with E-state index in [2.05, 4.69) is 17.6 Å². The van der Waals surface area contributed by atoms with E-state index in [-0.39, 0.29) is 18.5 Å². The molecule has 1 aliphatic heterocycles. The van der Waals surface area contributed by atoms with Crippen LogP contribution >= 0.6 is 0 Å². The highest BCUT2D eigenvalue weighted by Gasteiger charge is 2.29. The van der Waals surface area contributed by atoms with Gasteiger partial charge in [0.1, 0.15) is 0 Å². The molecule has 0 aromatic carbocycles. The van der Waals surface area contributed by atoms with Crippen LogP contribution in [0, 0.1) is 5.92 Å². The third-order valence-electron chi connectivity index (χ3n) is 3.54. The summed E-state index contributed by atoms with van der Waals surface area (Å²) in [4.78, 5) is 12.0. The summed E-state index contributed by atoms with van der Waals surface area (Å²) in [5, 5.41) is 16.1. The SMILES string of the molecule is COCCC(C)(O)CNC(=O)C1NCCCC1C. The van der Waals surface area contributed by atoms with Gasteiger partial charge in [0.25, 0.3) is 0 Å². The number of piperidine rings is 1. The van der Waals surface area contributed by atoms with Crippen LogP contribution in [0.5, 0.6) is 0 Å². The molecule has 106 valence electrons. The lowest BCUT2D eigenvalue weighted by molar-refractivity contribution is -0.126. The van der Waals surface area contributed by atoms with Crippen LogP contribution < -0.4 is 10.6 Å². The van der Waals surface area contributed by atoms with Gasteiger partial charge in [-0.1, -0.05) is 6.92 Å². The number of nitrogens with one attached hydrogen (secondary N) is 2. The molecule has 1 heterocycles. The van der Waals surface area contributed by atoms with Gasteiger partial charge in [0.05, 0.1) is 11.6 Å². The zero-order chi connectivity index (χ0) is 13.6. The summed E-state index contributed by atoms with van der Waals surface area (Å²) < 4.78 is 4.93. The molecule has 3 unspecified atom stereocenters. The Kier molecular flexibility index (Phi) is 6.05. The highest BCUT2D eigenvalue weighted by Crippen LogP contribution is 2.16. The van der Waals surface area contributed by atoms with E-state index in [0.717, 1.165) is 19.4 Å². The van der Waals surface area contributed by atoms with Crippen molar-refractivity contribution in [1.82, 2.24) is 10.6 Å². The van der Waals surface area contributed by atoms with Gasteiger partial charge < -0.3 is 20.5 Å². The van der Waals surface area contributed by atoms with Gasteiger partial charge >= 0.3 is 0 Å². The van der Waals surface area contributed by atoms with E-state index in [1.54, 1.807) is 14.0 Å². The number of methoxy groups -OCH3 is 1. The number of rotatable bonds is 6. The number of hydrogen-bond acceptors (Lipinski definition) is 4. The monoisotopic (exact) mass is 258 g/mol. The molecule has 1 saturated heterocycles. The maximum atomic E-state index is 12.0. The number of amides is 1. The van der Waals surface area contributed by atoms with E-state index in [4.69, 9.17) is 4.74 Å². The third-order valence-corrected chi connectivity index (χ3v) is 3.54. The predicted octanol–water partition coefficient (Wildman–Crippen LogP) is 0.278. The molecule has 1 amide bonds. The lowest BCUT2D eigenvalue weighted by Crippen LogP contribution is -2.53. The molecule has 1 rings (SSSR count). The van der Waals surface area contributed by atoms with Gasteiger partial charge in [-0.05, 0) is 32.2 Å². The number of carbonyl (C=O) groups is 1.